The lowest BCUT2D eigenvalue weighted by Crippen LogP contribution is -2.10. The molecule has 1 aliphatic carbocycles. The van der Waals surface area contributed by atoms with Gasteiger partial charge >= 0.3 is 0 Å². The van der Waals surface area contributed by atoms with Crippen molar-refractivity contribution in [2.75, 3.05) is 6.61 Å². The Bertz CT molecular complexity index is 307. The van der Waals surface area contributed by atoms with E-state index in [0.29, 0.717) is 0 Å². The van der Waals surface area contributed by atoms with Gasteiger partial charge in [-0.15, -0.1) is 0 Å². The SMILES string of the molecule is O=C[C@@]1(CO)C[C@H]1c1ccccc1. The van der Waals surface area contributed by atoms with Gasteiger partial charge in [0.25, 0.3) is 0 Å². The first kappa shape index (κ1) is 8.45. The fourth-order valence-corrected chi connectivity index (χ4v) is 1.80. The van der Waals surface area contributed by atoms with E-state index in [0.717, 1.165) is 18.3 Å². The molecule has 0 aliphatic heterocycles. The number of aldehydes is 1. The van der Waals surface area contributed by atoms with Crippen LogP contribution in [0.15, 0.2) is 30.3 Å². The largest absolute Gasteiger partial charge is 0.395 e. The van der Waals surface area contributed by atoms with Gasteiger partial charge in [-0.25, -0.2) is 0 Å². The van der Waals surface area contributed by atoms with E-state index in [1.807, 2.05) is 30.3 Å². The summed E-state index contributed by atoms with van der Waals surface area (Å²) in [5.74, 6) is 0.233. The molecule has 0 amide bonds. The van der Waals surface area contributed by atoms with Crippen LogP contribution in [0.1, 0.15) is 17.9 Å². The molecule has 0 spiro atoms. The van der Waals surface area contributed by atoms with Crippen molar-refractivity contribution < 1.29 is 9.90 Å². The van der Waals surface area contributed by atoms with Crippen LogP contribution in [-0.4, -0.2) is 18.0 Å². The highest BCUT2D eigenvalue weighted by Gasteiger charge is 2.54. The first-order valence-corrected chi connectivity index (χ1v) is 4.44. The number of aliphatic hydroxyl groups excluding tert-OH is 1. The quantitative estimate of drug-likeness (QED) is 0.706. The maximum absolute atomic E-state index is 10.7. The van der Waals surface area contributed by atoms with Crippen molar-refractivity contribution in [2.24, 2.45) is 5.41 Å². The van der Waals surface area contributed by atoms with Crippen LogP contribution < -0.4 is 0 Å². The van der Waals surface area contributed by atoms with Crippen molar-refractivity contribution in [1.82, 2.24) is 0 Å². The van der Waals surface area contributed by atoms with Gasteiger partial charge < -0.3 is 9.90 Å². The predicted octanol–water partition coefficient (Wildman–Crippen LogP) is 1.35. The summed E-state index contributed by atoms with van der Waals surface area (Å²) < 4.78 is 0. The second-order valence-electron chi connectivity index (χ2n) is 3.68. The van der Waals surface area contributed by atoms with Gasteiger partial charge in [-0.05, 0) is 17.9 Å². The smallest absolute Gasteiger partial charge is 0.129 e. The van der Waals surface area contributed by atoms with Gasteiger partial charge in [-0.1, -0.05) is 30.3 Å². The lowest BCUT2D eigenvalue weighted by molar-refractivity contribution is -0.113. The summed E-state index contributed by atoms with van der Waals surface area (Å²) in [6.07, 6.45) is 1.68. The van der Waals surface area contributed by atoms with E-state index in [4.69, 9.17) is 5.11 Å². The topological polar surface area (TPSA) is 37.3 Å². The number of carbonyl (C=O) groups excluding carboxylic acids is 1. The highest BCUT2D eigenvalue weighted by atomic mass is 16.3. The zero-order chi connectivity index (χ0) is 9.31. The molecule has 2 heteroatoms. The van der Waals surface area contributed by atoms with E-state index >= 15 is 0 Å². The maximum Gasteiger partial charge on any atom is 0.129 e. The van der Waals surface area contributed by atoms with Crippen LogP contribution in [0.25, 0.3) is 0 Å². The van der Waals surface area contributed by atoms with Gasteiger partial charge in [0.1, 0.15) is 6.29 Å². The molecule has 1 aliphatic rings. The molecule has 1 saturated carbocycles. The molecular weight excluding hydrogens is 164 g/mol. The third-order valence-corrected chi connectivity index (χ3v) is 2.85. The lowest BCUT2D eigenvalue weighted by Gasteiger charge is -2.04. The van der Waals surface area contributed by atoms with E-state index in [1.165, 1.54) is 0 Å². The van der Waals surface area contributed by atoms with Gasteiger partial charge in [0.2, 0.25) is 0 Å². The number of rotatable bonds is 3. The molecule has 0 unspecified atom stereocenters. The zero-order valence-electron chi connectivity index (χ0n) is 7.31. The first-order chi connectivity index (χ1) is 6.32. The molecular formula is C11H12O2. The summed E-state index contributed by atoms with van der Waals surface area (Å²) in [4.78, 5) is 10.7. The second kappa shape index (κ2) is 2.96. The summed E-state index contributed by atoms with van der Waals surface area (Å²) in [7, 11) is 0. The summed E-state index contributed by atoms with van der Waals surface area (Å²) in [6.45, 7) is -0.0317. The van der Waals surface area contributed by atoms with Crippen LogP contribution in [0.5, 0.6) is 0 Å². The molecule has 0 radical (unpaired) electrons. The Morgan fingerprint density at radius 1 is 1.46 bits per heavy atom. The predicted molar refractivity (Wildman–Crippen MR) is 49.4 cm³/mol. The van der Waals surface area contributed by atoms with Crippen molar-refractivity contribution in [1.29, 1.82) is 0 Å². The van der Waals surface area contributed by atoms with Gasteiger partial charge in [-0.2, -0.15) is 0 Å². The fourth-order valence-electron chi connectivity index (χ4n) is 1.80. The molecule has 1 aromatic rings. The minimum absolute atomic E-state index is 0.0317. The standard InChI is InChI=1S/C11H12O2/c12-7-11(8-13)6-10(11)9-4-2-1-3-5-9/h1-5,7,10,13H,6,8H2/t10-,11+/m0/s1. The summed E-state index contributed by atoms with van der Waals surface area (Å²) in [5, 5.41) is 9.06. The fraction of sp³-hybridized carbons (Fsp3) is 0.364. The summed E-state index contributed by atoms with van der Waals surface area (Å²) >= 11 is 0. The van der Waals surface area contributed by atoms with Crippen molar-refractivity contribution in [3.8, 4) is 0 Å². The molecule has 1 fully saturated rings. The van der Waals surface area contributed by atoms with Crippen LogP contribution in [-0.2, 0) is 4.79 Å². The third kappa shape index (κ3) is 1.27. The number of hydrogen-bond donors (Lipinski definition) is 1. The van der Waals surface area contributed by atoms with Crippen LogP contribution in [0.2, 0.25) is 0 Å². The summed E-state index contributed by atoms with van der Waals surface area (Å²) in [6, 6.07) is 9.88. The summed E-state index contributed by atoms with van der Waals surface area (Å²) in [5.41, 5.74) is 0.685. The molecule has 0 saturated heterocycles. The van der Waals surface area contributed by atoms with Crippen LogP contribution in [0.3, 0.4) is 0 Å². The molecule has 0 heterocycles. The Balaban J connectivity index is 2.20. The number of hydrogen-bond acceptors (Lipinski definition) is 2. The molecule has 1 N–H and O–H groups in total. The maximum atomic E-state index is 10.7. The molecule has 0 aromatic heterocycles. The normalized spacial score (nSPS) is 31.3. The highest BCUT2D eigenvalue weighted by molar-refractivity contribution is 5.68. The Kier molecular flexibility index (Phi) is 1.93. The van der Waals surface area contributed by atoms with Crippen LogP contribution >= 0.6 is 0 Å². The molecule has 2 atom stereocenters. The molecule has 13 heavy (non-hydrogen) atoms. The number of benzene rings is 1. The van der Waals surface area contributed by atoms with Crippen molar-refractivity contribution in [3.63, 3.8) is 0 Å². The average Bonchev–Trinajstić information content (AvgIpc) is 2.95. The lowest BCUT2D eigenvalue weighted by atomic mass is 10.0. The molecule has 2 nitrogen and oxygen atoms in total. The second-order valence-corrected chi connectivity index (χ2v) is 3.68. The third-order valence-electron chi connectivity index (χ3n) is 2.85. The van der Waals surface area contributed by atoms with Crippen molar-refractivity contribution in [3.05, 3.63) is 35.9 Å². The van der Waals surface area contributed by atoms with Gasteiger partial charge in [0.05, 0.1) is 12.0 Å². The highest BCUT2D eigenvalue weighted by Crippen LogP contribution is 2.57. The molecule has 0 bridgehead atoms. The van der Waals surface area contributed by atoms with E-state index in [9.17, 15) is 4.79 Å². The van der Waals surface area contributed by atoms with E-state index in [2.05, 4.69) is 0 Å². The molecule has 2 rings (SSSR count). The Morgan fingerprint density at radius 3 is 2.62 bits per heavy atom. The minimum Gasteiger partial charge on any atom is -0.395 e. The van der Waals surface area contributed by atoms with E-state index in [-0.39, 0.29) is 12.5 Å². The zero-order valence-corrected chi connectivity index (χ0v) is 7.31. The first-order valence-electron chi connectivity index (χ1n) is 4.44. The average molecular weight is 176 g/mol. The minimum atomic E-state index is -0.471. The van der Waals surface area contributed by atoms with Crippen molar-refractivity contribution >= 4 is 6.29 Å². The number of carbonyl (C=O) groups is 1. The van der Waals surface area contributed by atoms with Crippen LogP contribution in [0, 0.1) is 5.41 Å². The number of aliphatic hydroxyl groups is 1. The Morgan fingerprint density at radius 2 is 2.15 bits per heavy atom. The van der Waals surface area contributed by atoms with E-state index in [1.54, 1.807) is 0 Å². The molecule has 68 valence electrons. The van der Waals surface area contributed by atoms with Crippen LogP contribution in [0.4, 0.5) is 0 Å². The van der Waals surface area contributed by atoms with Gasteiger partial charge in [0, 0.05) is 0 Å². The van der Waals surface area contributed by atoms with E-state index < -0.39 is 5.41 Å². The molecule has 1 aromatic carbocycles. The van der Waals surface area contributed by atoms with Crippen molar-refractivity contribution in [2.45, 2.75) is 12.3 Å². The Labute approximate surface area is 77.2 Å². The Hall–Kier alpha value is -1.15. The van der Waals surface area contributed by atoms with Gasteiger partial charge in [0.15, 0.2) is 0 Å². The monoisotopic (exact) mass is 176 g/mol. The van der Waals surface area contributed by atoms with Gasteiger partial charge in [-0.3, -0.25) is 0 Å².